The Kier molecular flexibility index (Phi) is 5.08. The molecule has 21 heavy (non-hydrogen) atoms. The molecule has 0 amide bonds. The molecule has 0 atom stereocenters. The molecule has 0 unspecified atom stereocenters. The van der Waals surface area contributed by atoms with E-state index in [0.29, 0.717) is 6.54 Å². The third kappa shape index (κ3) is 4.14. The van der Waals surface area contributed by atoms with Crippen molar-refractivity contribution in [2.45, 2.75) is 39.7 Å². The first-order valence-electron chi connectivity index (χ1n) is 7.29. The van der Waals surface area contributed by atoms with Gasteiger partial charge in [-0.25, -0.2) is 9.97 Å². The van der Waals surface area contributed by atoms with Crippen molar-refractivity contribution in [2.75, 3.05) is 17.2 Å². The summed E-state index contributed by atoms with van der Waals surface area (Å²) in [5.74, 6) is 3.63. The van der Waals surface area contributed by atoms with Crippen LogP contribution in [0.1, 0.15) is 44.8 Å². The first-order chi connectivity index (χ1) is 10.1. The minimum Gasteiger partial charge on any atom is -0.370 e. The Labute approximate surface area is 125 Å². The lowest BCUT2D eigenvalue weighted by atomic mass is 10.2. The van der Waals surface area contributed by atoms with Gasteiger partial charge in [0.05, 0.1) is 6.54 Å². The zero-order valence-corrected chi connectivity index (χ0v) is 13.1. The van der Waals surface area contributed by atoms with Crippen LogP contribution in [0.5, 0.6) is 0 Å². The summed E-state index contributed by atoms with van der Waals surface area (Å²) in [6.45, 7) is 7.79. The summed E-state index contributed by atoms with van der Waals surface area (Å²) < 4.78 is 1.88. The molecule has 114 valence electrons. The van der Waals surface area contributed by atoms with Gasteiger partial charge in [0.1, 0.15) is 23.8 Å². The van der Waals surface area contributed by atoms with E-state index in [1.54, 1.807) is 6.33 Å². The van der Waals surface area contributed by atoms with Crippen LogP contribution in [0.25, 0.3) is 0 Å². The van der Waals surface area contributed by atoms with E-state index in [9.17, 15) is 0 Å². The van der Waals surface area contributed by atoms with Crippen LogP contribution in [0, 0.1) is 0 Å². The maximum absolute atomic E-state index is 4.55. The Morgan fingerprint density at radius 1 is 1.19 bits per heavy atom. The Hall–Kier alpha value is -2.18. The zero-order valence-electron chi connectivity index (χ0n) is 13.1. The molecule has 2 rings (SSSR count). The Morgan fingerprint density at radius 2 is 1.90 bits per heavy atom. The van der Waals surface area contributed by atoms with Gasteiger partial charge in [-0.05, 0) is 6.42 Å². The smallest absolute Gasteiger partial charge is 0.151 e. The lowest BCUT2D eigenvalue weighted by Crippen LogP contribution is -2.11. The first kappa shape index (κ1) is 15.2. The summed E-state index contributed by atoms with van der Waals surface area (Å²) in [5, 5.41) is 14.5. The molecule has 2 aromatic heterocycles. The molecular formula is C14H23N7. The van der Waals surface area contributed by atoms with Crippen LogP contribution in [-0.2, 0) is 13.6 Å². The number of anilines is 2. The highest BCUT2D eigenvalue weighted by molar-refractivity contribution is 5.47. The number of hydrogen-bond donors (Lipinski definition) is 2. The van der Waals surface area contributed by atoms with Crippen molar-refractivity contribution in [3.63, 3.8) is 0 Å². The Morgan fingerprint density at radius 3 is 2.48 bits per heavy atom. The molecule has 0 bridgehead atoms. The predicted octanol–water partition coefficient (Wildman–Crippen LogP) is 2.16. The minimum absolute atomic E-state index is 0.281. The van der Waals surface area contributed by atoms with Crippen molar-refractivity contribution in [3.05, 3.63) is 24.0 Å². The van der Waals surface area contributed by atoms with Gasteiger partial charge in [0.25, 0.3) is 0 Å². The quantitative estimate of drug-likeness (QED) is 0.813. The van der Waals surface area contributed by atoms with Gasteiger partial charge in [0, 0.05) is 25.6 Å². The molecule has 7 nitrogen and oxygen atoms in total. The Bertz CT molecular complexity index is 576. The van der Waals surface area contributed by atoms with Crippen LogP contribution < -0.4 is 10.6 Å². The van der Waals surface area contributed by atoms with E-state index in [-0.39, 0.29) is 5.92 Å². The fraction of sp³-hybridized carbons (Fsp3) is 0.571. The second-order valence-corrected chi connectivity index (χ2v) is 5.29. The van der Waals surface area contributed by atoms with Crippen molar-refractivity contribution in [1.29, 1.82) is 0 Å². The lowest BCUT2D eigenvalue weighted by molar-refractivity contribution is 0.768. The van der Waals surface area contributed by atoms with Gasteiger partial charge in [0.15, 0.2) is 5.82 Å². The van der Waals surface area contributed by atoms with Crippen LogP contribution in [0.4, 0.5) is 11.6 Å². The van der Waals surface area contributed by atoms with Crippen LogP contribution in [0.2, 0.25) is 0 Å². The molecule has 0 aromatic carbocycles. The fourth-order valence-electron chi connectivity index (χ4n) is 1.80. The standard InChI is InChI=1S/C14H23N7/c1-5-6-15-11-7-12(19-14(18-11)10(2)3)16-8-13-20-17-9-21(13)4/h7,9-10H,5-6,8H2,1-4H3,(H2,15,16,18,19). The lowest BCUT2D eigenvalue weighted by Gasteiger charge is -2.12. The normalized spacial score (nSPS) is 10.9. The summed E-state index contributed by atoms with van der Waals surface area (Å²) >= 11 is 0. The number of hydrogen-bond acceptors (Lipinski definition) is 6. The summed E-state index contributed by atoms with van der Waals surface area (Å²) in [6, 6.07) is 1.93. The topological polar surface area (TPSA) is 80.5 Å². The molecule has 0 saturated heterocycles. The maximum atomic E-state index is 4.55. The highest BCUT2D eigenvalue weighted by Crippen LogP contribution is 2.17. The molecule has 0 radical (unpaired) electrons. The maximum Gasteiger partial charge on any atom is 0.151 e. The van der Waals surface area contributed by atoms with Crippen LogP contribution >= 0.6 is 0 Å². The molecule has 0 fully saturated rings. The molecule has 2 aromatic rings. The van der Waals surface area contributed by atoms with Crippen LogP contribution in [-0.4, -0.2) is 31.3 Å². The Balaban J connectivity index is 2.13. The van der Waals surface area contributed by atoms with E-state index in [0.717, 1.165) is 36.3 Å². The van der Waals surface area contributed by atoms with Gasteiger partial charge in [0.2, 0.25) is 0 Å². The molecule has 7 heteroatoms. The fourth-order valence-corrected chi connectivity index (χ4v) is 1.80. The minimum atomic E-state index is 0.281. The van der Waals surface area contributed by atoms with Crippen molar-refractivity contribution < 1.29 is 0 Å². The zero-order chi connectivity index (χ0) is 15.2. The molecule has 0 aliphatic heterocycles. The second kappa shape index (κ2) is 7.01. The third-order valence-corrected chi connectivity index (χ3v) is 3.05. The number of rotatable bonds is 7. The van der Waals surface area contributed by atoms with Crippen LogP contribution in [0.3, 0.4) is 0 Å². The predicted molar refractivity (Wildman–Crippen MR) is 83.2 cm³/mol. The average molecular weight is 289 g/mol. The van der Waals surface area contributed by atoms with Crippen LogP contribution in [0.15, 0.2) is 12.4 Å². The van der Waals surface area contributed by atoms with Crippen molar-refractivity contribution in [2.24, 2.45) is 7.05 Å². The molecule has 0 aliphatic rings. The summed E-state index contributed by atoms with van der Waals surface area (Å²) in [4.78, 5) is 9.09. The molecule has 0 saturated carbocycles. The van der Waals surface area contributed by atoms with Gasteiger partial charge in [-0.3, -0.25) is 0 Å². The van der Waals surface area contributed by atoms with Crippen molar-refractivity contribution in [1.82, 2.24) is 24.7 Å². The van der Waals surface area contributed by atoms with Crippen molar-refractivity contribution in [3.8, 4) is 0 Å². The average Bonchev–Trinajstić information content (AvgIpc) is 2.88. The highest BCUT2D eigenvalue weighted by Gasteiger charge is 2.09. The number of nitrogens with zero attached hydrogens (tertiary/aromatic N) is 5. The molecule has 0 spiro atoms. The highest BCUT2D eigenvalue weighted by atomic mass is 15.3. The molecule has 0 aliphatic carbocycles. The number of aromatic nitrogens is 5. The summed E-state index contributed by atoms with van der Waals surface area (Å²) in [7, 11) is 1.92. The number of aryl methyl sites for hydroxylation is 1. The van der Waals surface area contributed by atoms with Gasteiger partial charge in [-0.1, -0.05) is 20.8 Å². The van der Waals surface area contributed by atoms with E-state index >= 15 is 0 Å². The number of nitrogens with one attached hydrogen (secondary N) is 2. The first-order valence-corrected chi connectivity index (χ1v) is 7.29. The van der Waals surface area contributed by atoms with E-state index in [2.05, 4.69) is 51.6 Å². The van der Waals surface area contributed by atoms with Gasteiger partial charge >= 0.3 is 0 Å². The monoisotopic (exact) mass is 289 g/mol. The van der Waals surface area contributed by atoms with Crippen molar-refractivity contribution >= 4 is 11.6 Å². The second-order valence-electron chi connectivity index (χ2n) is 5.29. The van der Waals surface area contributed by atoms with E-state index in [1.165, 1.54) is 0 Å². The van der Waals surface area contributed by atoms with Gasteiger partial charge in [-0.15, -0.1) is 10.2 Å². The summed E-state index contributed by atoms with van der Waals surface area (Å²) in [5.41, 5.74) is 0. The molecule has 2 heterocycles. The van der Waals surface area contributed by atoms with E-state index < -0.39 is 0 Å². The third-order valence-electron chi connectivity index (χ3n) is 3.05. The summed E-state index contributed by atoms with van der Waals surface area (Å²) in [6.07, 6.45) is 2.74. The SMILES string of the molecule is CCCNc1cc(NCc2nncn2C)nc(C(C)C)n1. The molecule has 2 N–H and O–H groups in total. The van der Waals surface area contributed by atoms with E-state index in [1.807, 2.05) is 17.7 Å². The van der Waals surface area contributed by atoms with E-state index in [4.69, 9.17) is 0 Å². The largest absolute Gasteiger partial charge is 0.370 e. The molecular weight excluding hydrogens is 266 g/mol. The van der Waals surface area contributed by atoms with Gasteiger partial charge < -0.3 is 15.2 Å². The van der Waals surface area contributed by atoms with Gasteiger partial charge in [-0.2, -0.15) is 0 Å².